The minimum atomic E-state index is -0.169. The van der Waals surface area contributed by atoms with E-state index in [1.807, 2.05) is 68.4 Å². The van der Waals surface area contributed by atoms with Crippen molar-refractivity contribution < 1.29 is 0 Å². The van der Waals surface area contributed by atoms with Crippen molar-refractivity contribution in [3.63, 3.8) is 0 Å². The summed E-state index contributed by atoms with van der Waals surface area (Å²) in [6.45, 7) is 3.91. The number of aromatic amines is 1. The number of aromatic nitrogens is 4. The molecule has 0 spiro atoms. The van der Waals surface area contributed by atoms with Crippen molar-refractivity contribution in [2.45, 2.75) is 24.8 Å². The summed E-state index contributed by atoms with van der Waals surface area (Å²) in [5, 5.41) is 1.68. The first kappa shape index (κ1) is 20.2. The van der Waals surface area contributed by atoms with Gasteiger partial charge >= 0.3 is 0 Å². The van der Waals surface area contributed by atoms with Gasteiger partial charge in [0.05, 0.1) is 33.2 Å². The highest BCUT2D eigenvalue weighted by atomic mass is 32.2. The summed E-state index contributed by atoms with van der Waals surface area (Å²) >= 11 is 1.38. The van der Waals surface area contributed by atoms with Gasteiger partial charge < -0.3 is 4.98 Å². The van der Waals surface area contributed by atoms with Gasteiger partial charge in [0.2, 0.25) is 0 Å². The minimum absolute atomic E-state index is 0.122. The Labute approximate surface area is 188 Å². The molecule has 0 aliphatic carbocycles. The third kappa shape index (κ3) is 3.50. The maximum atomic E-state index is 13.4. The van der Waals surface area contributed by atoms with Gasteiger partial charge in [0.15, 0.2) is 5.16 Å². The fourth-order valence-electron chi connectivity index (χ4n) is 3.79. The molecule has 1 N–H and O–H groups in total. The van der Waals surface area contributed by atoms with Gasteiger partial charge in [-0.05, 0) is 49.2 Å². The van der Waals surface area contributed by atoms with Gasteiger partial charge in [0.25, 0.3) is 11.1 Å². The Hall–Kier alpha value is -3.71. The lowest BCUT2D eigenvalue weighted by atomic mass is 10.1. The molecule has 0 atom stereocenters. The summed E-state index contributed by atoms with van der Waals surface area (Å²) in [5.74, 6) is 0.913. The van der Waals surface area contributed by atoms with Crippen LogP contribution in [0.25, 0.3) is 27.5 Å². The lowest BCUT2D eigenvalue weighted by Crippen LogP contribution is -2.22. The van der Waals surface area contributed by atoms with E-state index in [1.165, 1.54) is 11.8 Å². The van der Waals surface area contributed by atoms with Crippen LogP contribution < -0.4 is 11.1 Å². The molecule has 6 nitrogen and oxygen atoms in total. The molecule has 7 heteroatoms. The maximum Gasteiger partial charge on any atom is 0.266 e. The largest absolute Gasteiger partial charge is 0.309 e. The standard InChI is InChI=1S/C25H20N4O2S/c1-15-8-3-6-13-20(15)29-24(31)17-10-4-5-12-19(17)26-25(29)32-14-21-27-22-16(2)9-7-11-18(22)23(30)28-21/h3-13H,14H2,1-2H3,(H,27,28,30). The summed E-state index contributed by atoms with van der Waals surface area (Å²) in [7, 11) is 0. The van der Waals surface area contributed by atoms with Crippen molar-refractivity contribution in [2.24, 2.45) is 0 Å². The van der Waals surface area contributed by atoms with Crippen molar-refractivity contribution in [2.75, 3.05) is 0 Å². The lowest BCUT2D eigenvalue weighted by Gasteiger charge is -2.15. The Kier molecular flexibility index (Phi) is 5.11. The number of nitrogens with zero attached hydrogens (tertiary/aromatic N) is 3. The van der Waals surface area contributed by atoms with Crippen LogP contribution >= 0.6 is 11.8 Å². The van der Waals surface area contributed by atoms with Crippen LogP contribution in [0.15, 0.2) is 81.5 Å². The molecule has 2 aromatic heterocycles. The fraction of sp³-hybridized carbons (Fsp3) is 0.120. The number of nitrogens with one attached hydrogen (secondary N) is 1. The molecule has 0 unspecified atom stereocenters. The zero-order valence-corrected chi connectivity index (χ0v) is 18.4. The molecular weight excluding hydrogens is 420 g/mol. The van der Waals surface area contributed by atoms with E-state index in [0.29, 0.717) is 38.5 Å². The van der Waals surface area contributed by atoms with Gasteiger partial charge in [-0.3, -0.25) is 14.2 Å². The van der Waals surface area contributed by atoms with E-state index < -0.39 is 0 Å². The van der Waals surface area contributed by atoms with E-state index in [0.717, 1.165) is 16.8 Å². The number of hydrogen-bond acceptors (Lipinski definition) is 5. The zero-order chi connectivity index (χ0) is 22.2. The third-order valence-electron chi connectivity index (χ3n) is 5.43. The topological polar surface area (TPSA) is 80.6 Å². The summed E-state index contributed by atoms with van der Waals surface area (Å²) in [4.78, 5) is 38.3. The van der Waals surface area contributed by atoms with Gasteiger partial charge in [0, 0.05) is 0 Å². The van der Waals surface area contributed by atoms with Gasteiger partial charge in [-0.25, -0.2) is 9.97 Å². The molecule has 0 aliphatic heterocycles. The van der Waals surface area contributed by atoms with Gasteiger partial charge in [-0.1, -0.05) is 54.2 Å². The number of thioether (sulfide) groups is 1. The lowest BCUT2D eigenvalue weighted by molar-refractivity contribution is 0.813. The Bertz CT molecular complexity index is 1600. The predicted molar refractivity (Wildman–Crippen MR) is 129 cm³/mol. The molecular formula is C25H20N4O2S. The summed E-state index contributed by atoms with van der Waals surface area (Å²) in [6.07, 6.45) is 0. The second-order valence-corrected chi connectivity index (χ2v) is 8.55. The first-order valence-corrected chi connectivity index (χ1v) is 11.2. The van der Waals surface area contributed by atoms with Crippen molar-refractivity contribution in [1.82, 2.24) is 19.5 Å². The van der Waals surface area contributed by atoms with E-state index in [2.05, 4.69) is 9.97 Å². The van der Waals surface area contributed by atoms with Crippen LogP contribution in [-0.4, -0.2) is 19.5 Å². The van der Waals surface area contributed by atoms with E-state index in [9.17, 15) is 9.59 Å². The summed E-state index contributed by atoms with van der Waals surface area (Å²) in [6, 6.07) is 20.6. The molecule has 0 saturated heterocycles. The van der Waals surface area contributed by atoms with Gasteiger partial charge in [-0.2, -0.15) is 0 Å². The van der Waals surface area contributed by atoms with E-state index in [1.54, 1.807) is 16.7 Å². The number of H-pyrrole nitrogens is 1. The second-order valence-electron chi connectivity index (χ2n) is 7.61. The van der Waals surface area contributed by atoms with Crippen LogP contribution in [-0.2, 0) is 5.75 Å². The highest BCUT2D eigenvalue weighted by molar-refractivity contribution is 7.98. The Balaban J connectivity index is 1.63. The monoisotopic (exact) mass is 440 g/mol. The van der Waals surface area contributed by atoms with Crippen molar-refractivity contribution in [3.05, 3.63) is 104 Å². The van der Waals surface area contributed by atoms with Gasteiger partial charge in [-0.15, -0.1) is 0 Å². The van der Waals surface area contributed by atoms with Crippen molar-refractivity contribution >= 4 is 33.6 Å². The molecule has 0 amide bonds. The number of fused-ring (bicyclic) bond motifs is 2. The van der Waals surface area contributed by atoms with Crippen LogP contribution in [0.4, 0.5) is 0 Å². The Morgan fingerprint density at radius 2 is 1.56 bits per heavy atom. The zero-order valence-electron chi connectivity index (χ0n) is 17.6. The average Bonchev–Trinajstić information content (AvgIpc) is 2.79. The Morgan fingerprint density at radius 1 is 0.844 bits per heavy atom. The first-order chi connectivity index (χ1) is 15.5. The minimum Gasteiger partial charge on any atom is -0.309 e. The molecule has 32 heavy (non-hydrogen) atoms. The molecule has 0 saturated carbocycles. The summed E-state index contributed by atoms with van der Waals surface area (Å²) in [5.41, 5.74) is 3.74. The number of aryl methyl sites for hydroxylation is 2. The molecule has 0 bridgehead atoms. The SMILES string of the molecule is Cc1ccccc1-n1c(SCc2nc3c(C)cccc3c(=O)[nH]2)nc2ccccc2c1=O. The second kappa shape index (κ2) is 8.09. The third-order valence-corrected chi connectivity index (χ3v) is 6.38. The van der Waals surface area contributed by atoms with Crippen LogP contribution in [0, 0.1) is 13.8 Å². The number of hydrogen-bond donors (Lipinski definition) is 1. The van der Waals surface area contributed by atoms with Crippen LogP contribution in [0.5, 0.6) is 0 Å². The average molecular weight is 441 g/mol. The molecule has 0 radical (unpaired) electrons. The van der Waals surface area contributed by atoms with Crippen molar-refractivity contribution in [3.8, 4) is 5.69 Å². The normalized spacial score (nSPS) is 11.3. The molecule has 158 valence electrons. The van der Waals surface area contributed by atoms with E-state index in [-0.39, 0.29) is 11.1 Å². The molecule has 0 fully saturated rings. The number of rotatable bonds is 4. The highest BCUT2D eigenvalue weighted by Crippen LogP contribution is 2.25. The smallest absolute Gasteiger partial charge is 0.266 e. The number of para-hydroxylation sites is 3. The van der Waals surface area contributed by atoms with Gasteiger partial charge in [0.1, 0.15) is 5.82 Å². The van der Waals surface area contributed by atoms with Crippen LogP contribution in [0.1, 0.15) is 17.0 Å². The van der Waals surface area contributed by atoms with E-state index in [4.69, 9.17) is 4.98 Å². The predicted octanol–water partition coefficient (Wildman–Crippen LogP) is 4.53. The number of benzene rings is 3. The van der Waals surface area contributed by atoms with Crippen molar-refractivity contribution in [1.29, 1.82) is 0 Å². The molecule has 0 aliphatic rings. The highest BCUT2D eigenvalue weighted by Gasteiger charge is 2.15. The quantitative estimate of drug-likeness (QED) is 0.328. The Morgan fingerprint density at radius 3 is 2.41 bits per heavy atom. The summed E-state index contributed by atoms with van der Waals surface area (Å²) < 4.78 is 1.65. The van der Waals surface area contributed by atoms with Crippen LogP contribution in [0.2, 0.25) is 0 Å². The maximum absolute atomic E-state index is 13.4. The molecule has 5 aromatic rings. The fourth-order valence-corrected chi connectivity index (χ4v) is 4.66. The van der Waals surface area contributed by atoms with E-state index >= 15 is 0 Å². The molecule has 2 heterocycles. The molecule has 3 aromatic carbocycles. The van der Waals surface area contributed by atoms with Crippen LogP contribution in [0.3, 0.4) is 0 Å². The molecule has 5 rings (SSSR count). The first-order valence-electron chi connectivity index (χ1n) is 10.2.